The summed E-state index contributed by atoms with van der Waals surface area (Å²) < 4.78 is 21.9. The zero-order chi connectivity index (χ0) is 15.8. The number of hydrogen-bond donors (Lipinski definition) is 2. The molecule has 0 radical (unpaired) electrons. The standard InChI is InChI=1S/C14H17N3O3S/c1-14(2,21(3,19)20)13(18)17-11-7-6-10(15)12-9(11)5-4-8-16-12/h4-8H,15H2,1-3H3,(H,17,18). The van der Waals surface area contributed by atoms with Crippen LogP contribution in [0.3, 0.4) is 0 Å². The van der Waals surface area contributed by atoms with Gasteiger partial charge in [-0.15, -0.1) is 0 Å². The third-order valence-corrected chi connectivity index (χ3v) is 5.56. The summed E-state index contributed by atoms with van der Waals surface area (Å²) in [6.07, 6.45) is 2.64. The fourth-order valence-corrected chi connectivity index (χ4v) is 2.13. The van der Waals surface area contributed by atoms with Crippen LogP contribution in [-0.4, -0.2) is 30.3 Å². The Balaban J connectivity index is 2.46. The molecule has 1 aromatic carbocycles. The second kappa shape index (κ2) is 5.00. The zero-order valence-corrected chi connectivity index (χ0v) is 12.9. The number of hydrogen-bond acceptors (Lipinski definition) is 5. The third kappa shape index (κ3) is 2.69. The van der Waals surface area contributed by atoms with Gasteiger partial charge >= 0.3 is 0 Å². The number of nitrogen functional groups attached to an aromatic ring is 1. The SMILES string of the molecule is CC(C)(C(=O)Nc1ccc(N)c2ncccc12)S(C)(=O)=O. The molecule has 0 atom stereocenters. The molecule has 0 aliphatic heterocycles. The minimum atomic E-state index is -3.54. The maximum Gasteiger partial charge on any atom is 0.245 e. The first-order valence-corrected chi connectivity index (χ1v) is 8.18. The summed E-state index contributed by atoms with van der Waals surface area (Å²) in [4.78, 5) is 16.4. The Kier molecular flexibility index (Phi) is 3.63. The molecule has 7 heteroatoms. The maximum absolute atomic E-state index is 12.3. The molecule has 3 N–H and O–H groups in total. The maximum atomic E-state index is 12.3. The van der Waals surface area contributed by atoms with Crippen molar-refractivity contribution in [3.63, 3.8) is 0 Å². The van der Waals surface area contributed by atoms with Crippen LogP contribution in [0.15, 0.2) is 30.5 Å². The number of nitrogens with one attached hydrogen (secondary N) is 1. The summed E-state index contributed by atoms with van der Waals surface area (Å²) in [5, 5.41) is 3.31. The minimum Gasteiger partial charge on any atom is -0.397 e. The highest BCUT2D eigenvalue weighted by Gasteiger charge is 2.38. The van der Waals surface area contributed by atoms with Gasteiger partial charge in [0.2, 0.25) is 5.91 Å². The van der Waals surface area contributed by atoms with Crippen molar-refractivity contribution in [1.82, 2.24) is 4.98 Å². The van der Waals surface area contributed by atoms with Gasteiger partial charge in [0, 0.05) is 17.8 Å². The fraction of sp³-hybridized carbons (Fsp3) is 0.286. The Morgan fingerprint density at radius 2 is 1.95 bits per heavy atom. The van der Waals surface area contributed by atoms with Gasteiger partial charge in [-0.05, 0) is 38.1 Å². The zero-order valence-electron chi connectivity index (χ0n) is 12.0. The van der Waals surface area contributed by atoms with E-state index in [1.54, 1.807) is 30.5 Å². The number of carbonyl (C=O) groups is 1. The molecule has 0 fully saturated rings. The van der Waals surface area contributed by atoms with Crippen molar-refractivity contribution in [3.05, 3.63) is 30.5 Å². The number of fused-ring (bicyclic) bond motifs is 1. The Hall–Kier alpha value is -2.15. The molecule has 6 nitrogen and oxygen atoms in total. The van der Waals surface area contributed by atoms with Crippen molar-refractivity contribution < 1.29 is 13.2 Å². The van der Waals surface area contributed by atoms with Crippen molar-refractivity contribution in [2.24, 2.45) is 0 Å². The Morgan fingerprint density at radius 1 is 1.29 bits per heavy atom. The topological polar surface area (TPSA) is 102 Å². The second-order valence-corrected chi connectivity index (χ2v) is 7.90. The van der Waals surface area contributed by atoms with E-state index in [9.17, 15) is 13.2 Å². The number of nitrogens with zero attached hydrogens (tertiary/aromatic N) is 1. The molecule has 0 unspecified atom stereocenters. The molecule has 1 heterocycles. The summed E-state index contributed by atoms with van der Waals surface area (Å²) in [6.45, 7) is 2.74. The molecular weight excluding hydrogens is 290 g/mol. The van der Waals surface area contributed by atoms with Gasteiger partial charge in [-0.1, -0.05) is 0 Å². The first-order valence-electron chi connectivity index (χ1n) is 6.29. The van der Waals surface area contributed by atoms with Crippen LogP contribution < -0.4 is 11.1 Å². The van der Waals surface area contributed by atoms with E-state index in [2.05, 4.69) is 10.3 Å². The molecule has 2 rings (SSSR count). The van der Waals surface area contributed by atoms with Gasteiger partial charge in [0.05, 0.1) is 16.9 Å². The van der Waals surface area contributed by atoms with E-state index in [0.29, 0.717) is 22.3 Å². The monoisotopic (exact) mass is 307 g/mol. The lowest BCUT2D eigenvalue weighted by Crippen LogP contribution is -2.43. The number of rotatable bonds is 3. The number of nitrogens with two attached hydrogens (primary N) is 1. The summed E-state index contributed by atoms with van der Waals surface area (Å²) in [7, 11) is -3.54. The van der Waals surface area contributed by atoms with Gasteiger partial charge in [0.15, 0.2) is 9.84 Å². The Labute approximate surface area is 123 Å². The van der Waals surface area contributed by atoms with Gasteiger partial charge in [0.25, 0.3) is 0 Å². The number of benzene rings is 1. The summed E-state index contributed by atoms with van der Waals surface area (Å²) in [5.41, 5.74) is 7.37. The lowest BCUT2D eigenvalue weighted by Gasteiger charge is -2.22. The quantitative estimate of drug-likeness (QED) is 0.838. The van der Waals surface area contributed by atoms with Crippen molar-refractivity contribution in [2.45, 2.75) is 18.6 Å². The molecule has 0 saturated carbocycles. The molecule has 1 aromatic heterocycles. The number of pyridine rings is 1. The molecule has 21 heavy (non-hydrogen) atoms. The molecule has 1 amide bonds. The van der Waals surface area contributed by atoms with Gasteiger partial charge in [0.1, 0.15) is 4.75 Å². The van der Waals surface area contributed by atoms with Crippen LogP contribution in [0, 0.1) is 0 Å². The molecule has 0 aliphatic rings. The summed E-state index contributed by atoms with van der Waals surface area (Å²) in [5.74, 6) is -0.597. The van der Waals surface area contributed by atoms with E-state index in [1.807, 2.05) is 0 Å². The number of carbonyl (C=O) groups excluding carboxylic acids is 1. The average molecular weight is 307 g/mol. The highest BCUT2D eigenvalue weighted by Crippen LogP contribution is 2.28. The second-order valence-electron chi connectivity index (χ2n) is 5.34. The summed E-state index contributed by atoms with van der Waals surface area (Å²) >= 11 is 0. The van der Waals surface area contributed by atoms with Crippen LogP contribution in [0.2, 0.25) is 0 Å². The highest BCUT2D eigenvalue weighted by molar-refractivity contribution is 7.92. The number of amides is 1. The van der Waals surface area contributed by atoms with E-state index in [-0.39, 0.29) is 0 Å². The molecular formula is C14H17N3O3S. The minimum absolute atomic E-state index is 0.481. The third-order valence-electron chi connectivity index (χ3n) is 3.52. The lowest BCUT2D eigenvalue weighted by atomic mass is 10.1. The Bertz CT molecular complexity index is 813. The molecule has 0 bridgehead atoms. The van der Waals surface area contributed by atoms with E-state index in [1.165, 1.54) is 13.8 Å². The number of anilines is 2. The first-order chi connectivity index (χ1) is 9.64. The molecule has 112 valence electrons. The predicted octanol–water partition coefficient (Wildman–Crippen LogP) is 1.58. The van der Waals surface area contributed by atoms with Crippen LogP contribution in [-0.2, 0) is 14.6 Å². The highest BCUT2D eigenvalue weighted by atomic mass is 32.2. The number of aromatic nitrogens is 1. The Morgan fingerprint density at radius 3 is 2.57 bits per heavy atom. The van der Waals surface area contributed by atoms with Gasteiger partial charge in [-0.25, -0.2) is 8.42 Å². The van der Waals surface area contributed by atoms with E-state index < -0.39 is 20.5 Å². The first kappa shape index (κ1) is 15.2. The van der Waals surface area contributed by atoms with Crippen LogP contribution in [0.25, 0.3) is 10.9 Å². The smallest absolute Gasteiger partial charge is 0.245 e. The predicted molar refractivity (Wildman–Crippen MR) is 83.7 cm³/mol. The van der Waals surface area contributed by atoms with Gasteiger partial charge in [-0.3, -0.25) is 9.78 Å². The van der Waals surface area contributed by atoms with Crippen molar-refractivity contribution >= 4 is 38.0 Å². The largest absolute Gasteiger partial charge is 0.397 e. The molecule has 2 aromatic rings. The molecule has 0 spiro atoms. The lowest BCUT2D eigenvalue weighted by molar-refractivity contribution is -0.117. The van der Waals surface area contributed by atoms with Crippen molar-refractivity contribution in [1.29, 1.82) is 0 Å². The van der Waals surface area contributed by atoms with Crippen LogP contribution in [0.4, 0.5) is 11.4 Å². The van der Waals surface area contributed by atoms with E-state index in [0.717, 1.165) is 6.26 Å². The van der Waals surface area contributed by atoms with Crippen molar-refractivity contribution in [3.8, 4) is 0 Å². The molecule has 0 saturated heterocycles. The van der Waals surface area contributed by atoms with Crippen molar-refractivity contribution in [2.75, 3.05) is 17.3 Å². The van der Waals surface area contributed by atoms with Crippen LogP contribution in [0.1, 0.15) is 13.8 Å². The van der Waals surface area contributed by atoms with Gasteiger partial charge < -0.3 is 11.1 Å². The van der Waals surface area contributed by atoms with E-state index >= 15 is 0 Å². The average Bonchev–Trinajstić information content (AvgIpc) is 2.41. The van der Waals surface area contributed by atoms with Crippen LogP contribution >= 0.6 is 0 Å². The molecule has 0 aliphatic carbocycles. The van der Waals surface area contributed by atoms with Crippen LogP contribution in [0.5, 0.6) is 0 Å². The van der Waals surface area contributed by atoms with Gasteiger partial charge in [-0.2, -0.15) is 0 Å². The normalized spacial score (nSPS) is 12.3. The fourth-order valence-electron chi connectivity index (χ4n) is 1.74. The number of sulfone groups is 1. The summed E-state index contributed by atoms with van der Waals surface area (Å²) in [6, 6.07) is 6.74. The van der Waals surface area contributed by atoms with E-state index in [4.69, 9.17) is 5.73 Å².